The Morgan fingerprint density at radius 1 is 1.64 bits per heavy atom. The zero-order chi connectivity index (χ0) is 8.43. The highest BCUT2D eigenvalue weighted by molar-refractivity contribution is 7.11. The lowest BCUT2D eigenvalue weighted by molar-refractivity contribution is 0.186. The van der Waals surface area contributed by atoms with E-state index in [1.54, 1.807) is 0 Å². The first-order valence-electron chi connectivity index (χ1n) is 3.47. The van der Waals surface area contributed by atoms with Gasteiger partial charge in [-0.2, -0.15) is 0 Å². The Kier molecular flexibility index (Phi) is 2.59. The lowest BCUT2D eigenvalue weighted by atomic mass is 10.4. The minimum Gasteiger partial charge on any atom is -0.385 e. The van der Waals surface area contributed by atoms with Crippen LogP contribution in [0.3, 0.4) is 0 Å². The van der Waals surface area contributed by atoms with E-state index in [0.29, 0.717) is 0 Å². The Hall–Kier alpha value is -0.450. The molecule has 1 rings (SSSR count). The standard InChI is InChI=1S/C7H12N2OS/c1-4-5(2)11-7(9-4)6(10)3-8/h6,10H,3,8H2,1-2H3/t6-/m1/s1. The highest BCUT2D eigenvalue weighted by Gasteiger charge is 2.10. The van der Waals surface area contributed by atoms with Crippen molar-refractivity contribution >= 4 is 11.3 Å². The van der Waals surface area contributed by atoms with Crippen molar-refractivity contribution in [2.45, 2.75) is 20.0 Å². The normalized spacial score (nSPS) is 13.5. The third-order valence-corrected chi connectivity index (χ3v) is 2.73. The van der Waals surface area contributed by atoms with Crippen LogP contribution in [0.25, 0.3) is 0 Å². The maximum Gasteiger partial charge on any atom is 0.123 e. The molecule has 62 valence electrons. The maximum absolute atomic E-state index is 9.29. The second-order valence-electron chi connectivity index (χ2n) is 2.45. The van der Waals surface area contributed by atoms with Gasteiger partial charge in [-0.15, -0.1) is 11.3 Å². The first-order valence-corrected chi connectivity index (χ1v) is 4.29. The summed E-state index contributed by atoms with van der Waals surface area (Å²) in [5.41, 5.74) is 6.26. The third kappa shape index (κ3) is 1.77. The molecular formula is C7H12N2OS. The van der Waals surface area contributed by atoms with Crippen LogP contribution in [-0.4, -0.2) is 16.6 Å². The molecule has 1 atom stereocenters. The van der Waals surface area contributed by atoms with E-state index in [2.05, 4.69) is 4.98 Å². The lowest BCUT2D eigenvalue weighted by Crippen LogP contribution is -2.10. The van der Waals surface area contributed by atoms with Gasteiger partial charge < -0.3 is 10.8 Å². The van der Waals surface area contributed by atoms with E-state index in [1.807, 2.05) is 13.8 Å². The number of hydrogen-bond acceptors (Lipinski definition) is 4. The number of aryl methyl sites for hydroxylation is 2. The molecule has 0 aliphatic rings. The van der Waals surface area contributed by atoms with Crippen molar-refractivity contribution in [3.63, 3.8) is 0 Å². The fourth-order valence-electron chi connectivity index (χ4n) is 0.741. The molecule has 4 heteroatoms. The smallest absolute Gasteiger partial charge is 0.123 e. The number of nitrogens with two attached hydrogens (primary N) is 1. The van der Waals surface area contributed by atoms with Crippen molar-refractivity contribution < 1.29 is 5.11 Å². The van der Waals surface area contributed by atoms with Crippen molar-refractivity contribution in [2.75, 3.05) is 6.54 Å². The first-order chi connectivity index (χ1) is 5.15. The number of hydrogen-bond donors (Lipinski definition) is 2. The minimum atomic E-state index is -0.590. The number of rotatable bonds is 2. The zero-order valence-corrected chi connectivity index (χ0v) is 7.48. The van der Waals surface area contributed by atoms with E-state index in [0.717, 1.165) is 15.6 Å². The number of aromatic nitrogens is 1. The van der Waals surface area contributed by atoms with Gasteiger partial charge in [0.1, 0.15) is 11.1 Å². The average molecular weight is 172 g/mol. The molecular weight excluding hydrogens is 160 g/mol. The van der Waals surface area contributed by atoms with Crippen molar-refractivity contribution in [3.8, 4) is 0 Å². The zero-order valence-electron chi connectivity index (χ0n) is 6.66. The van der Waals surface area contributed by atoms with Gasteiger partial charge >= 0.3 is 0 Å². The summed E-state index contributed by atoms with van der Waals surface area (Å²) < 4.78 is 0. The molecule has 0 saturated heterocycles. The summed E-state index contributed by atoms with van der Waals surface area (Å²) in [4.78, 5) is 5.32. The van der Waals surface area contributed by atoms with Crippen LogP contribution in [0.15, 0.2) is 0 Å². The lowest BCUT2D eigenvalue weighted by Gasteiger charge is -2.00. The maximum atomic E-state index is 9.29. The second-order valence-corrected chi connectivity index (χ2v) is 3.68. The van der Waals surface area contributed by atoms with Gasteiger partial charge in [-0.25, -0.2) is 4.98 Å². The van der Waals surface area contributed by atoms with Crippen molar-refractivity contribution in [1.82, 2.24) is 4.98 Å². The molecule has 0 spiro atoms. The molecule has 0 aliphatic heterocycles. The summed E-state index contributed by atoms with van der Waals surface area (Å²) in [6, 6.07) is 0. The topological polar surface area (TPSA) is 59.1 Å². The Morgan fingerprint density at radius 3 is 2.64 bits per heavy atom. The summed E-state index contributed by atoms with van der Waals surface area (Å²) in [5.74, 6) is 0. The molecule has 0 aliphatic carbocycles. The Balaban J connectivity index is 2.88. The molecule has 0 amide bonds. The van der Waals surface area contributed by atoms with Crippen molar-refractivity contribution in [2.24, 2.45) is 5.73 Å². The van der Waals surface area contributed by atoms with Crippen LogP contribution < -0.4 is 5.73 Å². The molecule has 1 heterocycles. The molecule has 3 N–H and O–H groups in total. The molecule has 11 heavy (non-hydrogen) atoms. The molecule has 0 saturated carbocycles. The summed E-state index contributed by atoms with van der Waals surface area (Å²) in [7, 11) is 0. The van der Waals surface area contributed by atoms with Gasteiger partial charge in [0.05, 0.1) is 5.69 Å². The number of aliphatic hydroxyl groups excluding tert-OH is 1. The highest BCUT2D eigenvalue weighted by Crippen LogP contribution is 2.21. The van der Waals surface area contributed by atoms with Crippen molar-refractivity contribution in [1.29, 1.82) is 0 Å². The van der Waals surface area contributed by atoms with E-state index in [1.165, 1.54) is 11.3 Å². The molecule has 0 aromatic carbocycles. The third-order valence-electron chi connectivity index (χ3n) is 1.55. The summed E-state index contributed by atoms with van der Waals surface area (Å²) in [6.07, 6.45) is -0.590. The van der Waals surface area contributed by atoms with Crippen LogP contribution in [0.1, 0.15) is 21.7 Å². The SMILES string of the molecule is Cc1nc([C@H](O)CN)sc1C. The number of nitrogens with zero attached hydrogens (tertiary/aromatic N) is 1. The van der Waals surface area contributed by atoms with Gasteiger partial charge in [-0.05, 0) is 13.8 Å². The highest BCUT2D eigenvalue weighted by atomic mass is 32.1. The summed E-state index contributed by atoms with van der Waals surface area (Å²) in [5, 5.41) is 10.0. The number of thiazole rings is 1. The fourth-order valence-corrected chi connectivity index (χ4v) is 1.66. The van der Waals surface area contributed by atoms with Gasteiger partial charge in [-0.3, -0.25) is 0 Å². The monoisotopic (exact) mass is 172 g/mol. The van der Waals surface area contributed by atoms with Crippen LogP contribution in [0, 0.1) is 13.8 Å². The molecule has 0 fully saturated rings. The van der Waals surface area contributed by atoms with E-state index < -0.39 is 6.10 Å². The molecule has 1 aromatic rings. The van der Waals surface area contributed by atoms with Crippen LogP contribution in [0.5, 0.6) is 0 Å². The predicted molar refractivity (Wildman–Crippen MR) is 45.6 cm³/mol. The van der Waals surface area contributed by atoms with Gasteiger partial charge in [0.15, 0.2) is 0 Å². The quantitative estimate of drug-likeness (QED) is 0.692. The molecule has 1 aromatic heterocycles. The first kappa shape index (κ1) is 8.64. The van der Waals surface area contributed by atoms with Crippen LogP contribution >= 0.6 is 11.3 Å². The Bertz CT molecular complexity index is 227. The van der Waals surface area contributed by atoms with E-state index in [9.17, 15) is 5.11 Å². The van der Waals surface area contributed by atoms with E-state index >= 15 is 0 Å². The van der Waals surface area contributed by atoms with E-state index in [4.69, 9.17) is 5.73 Å². The van der Waals surface area contributed by atoms with Gasteiger partial charge in [0.2, 0.25) is 0 Å². The molecule has 0 unspecified atom stereocenters. The molecule has 0 bridgehead atoms. The molecule has 0 radical (unpaired) electrons. The molecule has 3 nitrogen and oxygen atoms in total. The van der Waals surface area contributed by atoms with Crippen LogP contribution in [-0.2, 0) is 0 Å². The Labute approximate surface area is 69.9 Å². The van der Waals surface area contributed by atoms with Crippen LogP contribution in [0.4, 0.5) is 0 Å². The predicted octanol–water partition coefficient (Wildman–Crippen LogP) is 0.752. The van der Waals surface area contributed by atoms with E-state index in [-0.39, 0.29) is 6.54 Å². The van der Waals surface area contributed by atoms with Gasteiger partial charge in [0.25, 0.3) is 0 Å². The van der Waals surface area contributed by atoms with Gasteiger partial charge in [0, 0.05) is 11.4 Å². The number of aliphatic hydroxyl groups is 1. The van der Waals surface area contributed by atoms with Crippen molar-refractivity contribution in [3.05, 3.63) is 15.6 Å². The van der Waals surface area contributed by atoms with Crippen LogP contribution in [0.2, 0.25) is 0 Å². The van der Waals surface area contributed by atoms with Gasteiger partial charge in [-0.1, -0.05) is 0 Å². The Morgan fingerprint density at radius 2 is 2.27 bits per heavy atom. The summed E-state index contributed by atoms with van der Waals surface area (Å²) >= 11 is 1.51. The minimum absolute atomic E-state index is 0.242. The average Bonchev–Trinajstić information content (AvgIpc) is 2.31. The summed E-state index contributed by atoms with van der Waals surface area (Å²) in [6.45, 7) is 4.16. The fraction of sp³-hybridized carbons (Fsp3) is 0.571. The largest absolute Gasteiger partial charge is 0.385 e. The second kappa shape index (κ2) is 3.30.